The highest BCUT2D eigenvalue weighted by molar-refractivity contribution is 7.25. The molecule has 0 aliphatic carbocycles. The first-order valence-corrected chi connectivity index (χ1v) is 22.0. The Labute approximate surface area is 366 Å². The SMILES string of the molecule is c1ccc(-c2cc(-c3ccccc3)cc(-n3c4ccccc4c4ccc5c6ccccc6n(-c6nc(-c7ccccc7)nc(-c7cccc8sc9ccccc9c78)n6)c5c43)c2)cc1. The molecule has 4 aromatic heterocycles. The molecular formula is C57H35N5S. The van der Waals surface area contributed by atoms with E-state index in [0.29, 0.717) is 17.6 Å². The first-order valence-electron chi connectivity index (χ1n) is 21.2. The number of hydrogen-bond acceptors (Lipinski definition) is 4. The fourth-order valence-corrected chi connectivity index (χ4v) is 10.7. The Balaban J connectivity index is 1.17. The molecule has 0 unspecified atom stereocenters. The number of para-hydroxylation sites is 2. The Morgan fingerprint density at radius 3 is 1.49 bits per heavy atom. The molecule has 0 saturated carbocycles. The highest BCUT2D eigenvalue weighted by Crippen LogP contribution is 2.44. The molecule has 4 heterocycles. The van der Waals surface area contributed by atoms with Crippen LogP contribution in [0.25, 0.3) is 120 Å². The van der Waals surface area contributed by atoms with E-state index in [1.807, 2.05) is 18.2 Å². The van der Waals surface area contributed by atoms with Crippen molar-refractivity contribution in [3.63, 3.8) is 0 Å². The molecule has 63 heavy (non-hydrogen) atoms. The number of nitrogens with zero attached hydrogens (tertiary/aromatic N) is 5. The third kappa shape index (κ3) is 5.66. The second-order valence-corrected chi connectivity index (χ2v) is 17.1. The maximum absolute atomic E-state index is 5.52. The molecule has 0 spiro atoms. The van der Waals surface area contributed by atoms with Gasteiger partial charge in [-0.3, -0.25) is 4.57 Å². The minimum atomic E-state index is 0.564. The average molecular weight is 822 g/mol. The number of rotatable bonds is 6. The Morgan fingerprint density at radius 1 is 0.333 bits per heavy atom. The quantitative estimate of drug-likeness (QED) is 0.168. The average Bonchev–Trinajstić information content (AvgIpc) is 4.03. The van der Waals surface area contributed by atoms with Gasteiger partial charge in [0.25, 0.3) is 0 Å². The summed E-state index contributed by atoms with van der Waals surface area (Å²) in [7, 11) is 0. The minimum Gasteiger partial charge on any atom is -0.307 e. The van der Waals surface area contributed by atoms with Crippen LogP contribution in [0.2, 0.25) is 0 Å². The van der Waals surface area contributed by atoms with E-state index in [9.17, 15) is 0 Å². The standard InChI is InChI=1S/C57H35N5S/c1-4-17-36(18-5-1)39-33-40(37-19-6-2-7-20-37)35-41(34-39)61-48-27-13-10-23-42(48)44-31-32-45-43-24-11-14-28-49(43)62(54(45)53(44)61)57-59-55(38-21-8-3-9-22-38)58-56(60-57)47-26-16-30-51-52(47)46-25-12-15-29-50(46)63-51/h1-35H. The summed E-state index contributed by atoms with van der Waals surface area (Å²) in [6.45, 7) is 0. The summed E-state index contributed by atoms with van der Waals surface area (Å²) in [6, 6.07) is 75.7. The number of aromatic nitrogens is 5. The third-order valence-electron chi connectivity index (χ3n) is 12.4. The molecule has 0 aliphatic heterocycles. The molecule has 0 fully saturated rings. The monoisotopic (exact) mass is 821 g/mol. The van der Waals surface area contributed by atoms with Gasteiger partial charge in [0.15, 0.2) is 11.6 Å². The Kier molecular flexibility index (Phi) is 8.01. The van der Waals surface area contributed by atoms with Crippen molar-refractivity contribution in [2.45, 2.75) is 0 Å². The van der Waals surface area contributed by atoms with Crippen LogP contribution in [0.15, 0.2) is 212 Å². The van der Waals surface area contributed by atoms with Crippen molar-refractivity contribution in [1.29, 1.82) is 0 Å². The van der Waals surface area contributed by atoms with Crippen LogP contribution in [0, 0.1) is 0 Å². The van der Waals surface area contributed by atoms with Crippen molar-refractivity contribution in [3.05, 3.63) is 212 Å². The first kappa shape index (κ1) is 35.6. The highest BCUT2D eigenvalue weighted by atomic mass is 32.1. The second kappa shape index (κ2) is 14.2. The fraction of sp³-hybridized carbons (Fsp3) is 0. The maximum atomic E-state index is 5.52. The van der Waals surface area contributed by atoms with Gasteiger partial charge in [0.05, 0.1) is 22.1 Å². The zero-order chi connectivity index (χ0) is 41.4. The van der Waals surface area contributed by atoms with Gasteiger partial charge in [-0.2, -0.15) is 9.97 Å². The van der Waals surface area contributed by atoms with Gasteiger partial charge in [-0.1, -0.05) is 170 Å². The van der Waals surface area contributed by atoms with E-state index < -0.39 is 0 Å². The van der Waals surface area contributed by atoms with E-state index >= 15 is 0 Å². The molecule has 0 N–H and O–H groups in total. The lowest BCUT2D eigenvalue weighted by atomic mass is 9.98. The molecule has 0 amide bonds. The van der Waals surface area contributed by atoms with Gasteiger partial charge in [0, 0.05) is 58.5 Å². The molecule has 13 rings (SSSR count). The van der Waals surface area contributed by atoms with Gasteiger partial charge in [-0.05, 0) is 64.7 Å². The molecule has 0 bridgehead atoms. The zero-order valence-electron chi connectivity index (χ0n) is 33.9. The van der Waals surface area contributed by atoms with Crippen LogP contribution in [0.1, 0.15) is 0 Å². The van der Waals surface area contributed by atoms with Crippen molar-refractivity contribution in [2.24, 2.45) is 0 Å². The highest BCUT2D eigenvalue weighted by Gasteiger charge is 2.25. The van der Waals surface area contributed by atoms with Crippen LogP contribution in [0.5, 0.6) is 0 Å². The van der Waals surface area contributed by atoms with Gasteiger partial charge in [0.1, 0.15) is 0 Å². The van der Waals surface area contributed by atoms with E-state index in [0.717, 1.165) is 82.7 Å². The number of thiophene rings is 1. The summed E-state index contributed by atoms with van der Waals surface area (Å²) in [5.74, 6) is 1.82. The summed E-state index contributed by atoms with van der Waals surface area (Å²) in [5.41, 5.74) is 11.9. The molecule has 0 aliphatic rings. The summed E-state index contributed by atoms with van der Waals surface area (Å²) in [6.07, 6.45) is 0. The lowest BCUT2D eigenvalue weighted by Gasteiger charge is -2.16. The normalized spacial score (nSPS) is 11.8. The Morgan fingerprint density at radius 2 is 0.841 bits per heavy atom. The van der Waals surface area contributed by atoms with Crippen LogP contribution in [-0.4, -0.2) is 24.1 Å². The largest absolute Gasteiger partial charge is 0.307 e. The smallest absolute Gasteiger partial charge is 0.238 e. The fourth-order valence-electron chi connectivity index (χ4n) is 9.57. The van der Waals surface area contributed by atoms with Crippen LogP contribution in [0.3, 0.4) is 0 Å². The van der Waals surface area contributed by atoms with Crippen molar-refractivity contribution in [1.82, 2.24) is 24.1 Å². The summed E-state index contributed by atoms with van der Waals surface area (Å²) < 4.78 is 7.18. The third-order valence-corrected chi connectivity index (χ3v) is 13.5. The van der Waals surface area contributed by atoms with E-state index in [1.165, 1.54) is 20.2 Å². The molecule has 5 nitrogen and oxygen atoms in total. The van der Waals surface area contributed by atoms with Gasteiger partial charge < -0.3 is 4.57 Å². The summed E-state index contributed by atoms with van der Waals surface area (Å²) in [4.78, 5) is 16.2. The van der Waals surface area contributed by atoms with Crippen molar-refractivity contribution >= 4 is 75.1 Å². The van der Waals surface area contributed by atoms with Crippen LogP contribution < -0.4 is 0 Å². The van der Waals surface area contributed by atoms with Gasteiger partial charge in [0.2, 0.25) is 5.95 Å². The van der Waals surface area contributed by atoms with Crippen LogP contribution in [-0.2, 0) is 0 Å². The first-order chi connectivity index (χ1) is 31.2. The molecule has 0 saturated heterocycles. The lowest BCUT2D eigenvalue weighted by molar-refractivity contribution is 0.954. The van der Waals surface area contributed by atoms with Crippen molar-refractivity contribution < 1.29 is 0 Å². The van der Waals surface area contributed by atoms with E-state index in [2.05, 4.69) is 203 Å². The predicted molar refractivity (Wildman–Crippen MR) is 263 cm³/mol. The van der Waals surface area contributed by atoms with Crippen LogP contribution >= 0.6 is 11.3 Å². The number of fused-ring (bicyclic) bond motifs is 10. The van der Waals surface area contributed by atoms with Gasteiger partial charge >= 0.3 is 0 Å². The predicted octanol–water partition coefficient (Wildman–Crippen LogP) is 15.1. The zero-order valence-corrected chi connectivity index (χ0v) is 34.7. The summed E-state index contributed by atoms with van der Waals surface area (Å²) in [5, 5.41) is 6.94. The minimum absolute atomic E-state index is 0.564. The molecule has 6 heteroatoms. The molecule has 0 atom stereocenters. The van der Waals surface area contributed by atoms with Gasteiger partial charge in [-0.15, -0.1) is 11.3 Å². The summed E-state index contributed by atoms with van der Waals surface area (Å²) >= 11 is 1.80. The van der Waals surface area contributed by atoms with Crippen LogP contribution in [0.4, 0.5) is 0 Å². The van der Waals surface area contributed by atoms with E-state index in [-0.39, 0.29) is 0 Å². The van der Waals surface area contributed by atoms with E-state index in [4.69, 9.17) is 15.0 Å². The molecule has 0 radical (unpaired) electrons. The molecule has 294 valence electrons. The molecular weight excluding hydrogens is 787 g/mol. The second-order valence-electron chi connectivity index (χ2n) is 16.0. The van der Waals surface area contributed by atoms with E-state index in [1.54, 1.807) is 11.3 Å². The Hall–Kier alpha value is -8.19. The van der Waals surface area contributed by atoms with Crippen molar-refractivity contribution in [3.8, 4) is 56.7 Å². The Bertz CT molecular complexity index is 3850. The van der Waals surface area contributed by atoms with Gasteiger partial charge in [-0.25, -0.2) is 4.98 Å². The maximum Gasteiger partial charge on any atom is 0.238 e. The number of hydrogen-bond donors (Lipinski definition) is 0. The van der Waals surface area contributed by atoms with Crippen molar-refractivity contribution in [2.75, 3.05) is 0 Å². The molecule has 9 aromatic carbocycles. The number of benzene rings is 9. The topological polar surface area (TPSA) is 48.5 Å². The lowest BCUT2D eigenvalue weighted by Crippen LogP contribution is -2.07. The molecule has 13 aromatic rings.